The van der Waals surface area contributed by atoms with Crippen molar-refractivity contribution in [3.05, 3.63) is 80.7 Å². The summed E-state index contributed by atoms with van der Waals surface area (Å²) in [6.07, 6.45) is 1.73. The molecule has 2 amide bonds. The van der Waals surface area contributed by atoms with E-state index in [1.54, 1.807) is 12.1 Å². The minimum Gasteiger partial charge on any atom is -0.345 e. The molecule has 2 aromatic carbocycles. The van der Waals surface area contributed by atoms with Crippen molar-refractivity contribution < 1.29 is 9.59 Å². The first kappa shape index (κ1) is 25.0. The number of carbonyl (C=O) groups excluding carboxylic acids is 2. The van der Waals surface area contributed by atoms with Gasteiger partial charge in [0.2, 0.25) is 5.91 Å². The SMILES string of the molecule is C=CCn1c(CNC(=O)c2cccc(C)c2)nnc1SCC(=O)Nc1c(C)cc(I)cc1C. The molecular formula is C24H26IN5O2S. The number of allylic oxidation sites excluding steroid dienone is 1. The van der Waals surface area contributed by atoms with Gasteiger partial charge in [0, 0.05) is 21.4 Å². The topological polar surface area (TPSA) is 88.9 Å². The molecule has 3 rings (SSSR count). The van der Waals surface area contributed by atoms with E-state index in [1.165, 1.54) is 11.8 Å². The molecule has 33 heavy (non-hydrogen) atoms. The van der Waals surface area contributed by atoms with Gasteiger partial charge in [-0.1, -0.05) is 35.5 Å². The highest BCUT2D eigenvalue weighted by Crippen LogP contribution is 2.24. The number of hydrogen-bond donors (Lipinski definition) is 2. The summed E-state index contributed by atoms with van der Waals surface area (Å²) in [5.41, 5.74) is 4.51. The molecule has 0 saturated heterocycles. The lowest BCUT2D eigenvalue weighted by Gasteiger charge is -2.12. The van der Waals surface area contributed by atoms with Crippen LogP contribution in [0.2, 0.25) is 0 Å². The fraction of sp³-hybridized carbons (Fsp3) is 0.250. The Bertz CT molecular complexity index is 1170. The molecule has 0 saturated carbocycles. The van der Waals surface area contributed by atoms with Gasteiger partial charge in [-0.15, -0.1) is 16.8 Å². The first-order chi connectivity index (χ1) is 15.8. The number of aryl methyl sites for hydroxylation is 3. The molecule has 0 bridgehead atoms. The van der Waals surface area contributed by atoms with E-state index in [2.05, 4.69) is 50.0 Å². The first-order valence-electron chi connectivity index (χ1n) is 10.4. The number of aromatic nitrogens is 3. The summed E-state index contributed by atoms with van der Waals surface area (Å²) in [6.45, 7) is 10.4. The lowest BCUT2D eigenvalue weighted by Crippen LogP contribution is -2.25. The zero-order chi connectivity index (χ0) is 24.0. The molecule has 0 aliphatic heterocycles. The summed E-state index contributed by atoms with van der Waals surface area (Å²) < 4.78 is 2.98. The largest absolute Gasteiger partial charge is 0.345 e. The average molecular weight is 575 g/mol. The fourth-order valence-corrected chi connectivity index (χ4v) is 5.03. The number of anilines is 1. The van der Waals surface area contributed by atoms with E-state index >= 15 is 0 Å². The van der Waals surface area contributed by atoms with Gasteiger partial charge in [0.05, 0.1) is 12.3 Å². The number of amides is 2. The van der Waals surface area contributed by atoms with Crippen molar-refractivity contribution in [2.75, 3.05) is 11.1 Å². The Labute approximate surface area is 211 Å². The summed E-state index contributed by atoms with van der Waals surface area (Å²) in [4.78, 5) is 25.0. The number of thioether (sulfide) groups is 1. The molecule has 172 valence electrons. The van der Waals surface area contributed by atoms with Gasteiger partial charge in [0.15, 0.2) is 11.0 Å². The van der Waals surface area contributed by atoms with E-state index in [0.29, 0.717) is 23.1 Å². The number of nitrogens with zero attached hydrogens (tertiary/aromatic N) is 3. The monoisotopic (exact) mass is 575 g/mol. The third-order valence-corrected chi connectivity index (χ3v) is 6.48. The van der Waals surface area contributed by atoms with Crippen LogP contribution in [0.3, 0.4) is 0 Å². The summed E-state index contributed by atoms with van der Waals surface area (Å²) in [6, 6.07) is 11.5. The van der Waals surface area contributed by atoms with Crippen LogP contribution in [0.15, 0.2) is 54.2 Å². The molecule has 0 unspecified atom stereocenters. The maximum absolute atomic E-state index is 12.6. The number of halogens is 1. The van der Waals surface area contributed by atoms with Crippen LogP contribution >= 0.6 is 34.4 Å². The maximum Gasteiger partial charge on any atom is 0.251 e. The van der Waals surface area contributed by atoms with E-state index in [9.17, 15) is 9.59 Å². The molecule has 0 aliphatic carbocycles. The molecule has 0 spiro atoms. The Morgan fingerprint density at radius 3 is 2.55 bits per heavy atom. The quantitative estimate of drug-likeness (QED) is 0.220. The van der Waals surface area contributed by atoms with Crippen LogP contribution in [0.5, 0.6) is 0 Å². The molecule has 1 aromatic heterocycles. The van der Waals surface area contributed by atoms with Crippen molar-refractivity contribution in [2.24, 2.45) is 0 Å². The van der Waals surface area contributed by atoms with Gasteiger partial charge in [0.1, 0.15) is 0 Å². The van der Waals surface area contributed by atoms with Crippen LogP contribution in [0.4, 0.5) is 5.69 Å². The Kier molecular flexibility index (Phi) is 8.67. The second-order valence-corrected chi connectivity index (χ2v) is 9.79. The maximum atomic E-state index is 12.6. The van der Waals surface area contributed by atoms with E-state index in [0.717, 1.165) is 25.9 Å². The van der Waals surface area contributed by atoms with Gasteiger partial charge < -0.3 is 15.2 Å². The fourth-order valence-electron chi connectivity index (χ4n) is 3.33. The van der Waals surface area contributed by atoms with Crippen molar-refractivity contribution in [1.29, 1.82) is 0 Å². The average Bonchev–Trinajstić information content (AvgIpc) is 3.15. The Morgan fingerprint density at radius 2 is 1.88 bits per heavy atom. The third-order valence-electron chi connectivity index (χ3n) is 4.89. The third kappa shape index (κ3) is 6.67. The van der Waals surface area contributed by atoms with Crippen LogP contribution < -0.4 is 10.6 Å². The van der Waals surface area contributed by atoms with Crippen molar-refractivity contribution in [1.82, 2.24) is 20.1 Å². The minimum absolute atomic E-state index is 0.116. The molecule has 3 aromatic rings. The summed E-state index contributed by atoms with van der Waals surface area (Å²) in [7, 11) is 0. The van der Waals surface area contributed by atoms with Crippen molar-refractivity contribution in [2.45, 2.75) is 39.0 Å². The van der Waals surface area contributed by atoms with Gasteiger partial charge in [-0.25, -0.2) is 0 Å². The predicted octanol–water partition coefficient (Wildman–Crippen LogP) is 4.65. The second-order valence-electron chi connectivity index (χ2n) is 7.60. The highest BCUT2D eigenvalue weighted by molar-refractivity contribution is 14.1. The van der Waals surface area contributed by atoms with Crippen molar-refractivity contribution >= 4 is 51.9 Å². The second kappa shape index (κ2) is 11.5. The molecule has 1 heterocycles. The van der Waals surface area contributed by atoms with Gasteiger partial charge in [-0.05, 0) is 78.8 Å². The summed E-state index contributed by atoms with van der Waals surface area (Å²) in [5.74, 6) is 0.497. The molecular weight excluding hydrogens is 549 g/mol. The highest BCUT2D eigenvalue weighted by atomic mass is 127. The minimum atomic E-state index is -0.177. The van der Waals surface area contributed by atoms with E-state index in [4.69, 9.17) is 0 Å². The summed E-state index contributed by atoms with van der Waals surface area (Å²) in [5, 5.41) is 14.9. The molecule has 0 fully saturated rings. The van der Waals surface area contributed by atoms with Crippen molar-refractivity contribution in [3.63, 3.8) is 0 Å². The van der Waals surface area contributed by atoms with Crippen LogP contribution in [-0.2, 0) is 17.9 Å². The number of carbonyl (C=O) groups is 2. The normalized spacial score (nSPS) is 10.7. The Hall–Kier alpha value is -2.66. The van der Waals surface area contributed by atoms with Crippen molar-refractivity contribution in [3.8, 4) is 0 Å². The standard InChI is InChI=1S/C24H26IN5O2S/c1-5-9-30-20(13-26-23(32)18-8-6-7-15(2)10-18)28-29-24(30)33-14-21(31)27-22-16(3)11-19(25)12-17(22)4/h5-8,10-12H,1,9,13-14H2,2-4H3,(H,26,32)(H,27,31). The number of nitrogens with one attached hydrogen (secondary N) is 2. The van der Waals surface area contributed by atoms with Crippen LogP contribution in [-0.4, -0.2) is 32.3 Å². The first-order valence-corrected chi connectivity index (χ1v) is 12.4. The Balaban J connectivity index is 1.64. The van der Waals surface area contributed by atoms with Crippen LogP contribution in [0.25, 0.3) is 0 Å². The lowest BCUT2D eigenvalue weighted by atomic mass is 10.1. The molecule has 0 aliphatic rings. The number of benzene rings is 2. The molecule has 9 heteroatoms. The Morgan fingerprint density at radius 1 is 1.15 bits per heavy atom. The van der Waals surface area contributed by atoms with E-state index in [-0.39, 0.29) is 24.1 Å². The van der Waals surface area contributed by atoms with Gasteiger partial charge in [-0.2, -0.15) is 0 Å². The zero-order valence-electron chi connectivity index (χ0n) is 18.8. The lowest BCUT2D eigenvalue weighted by molar-refractivity contribution is -0.113. The van der Waals surface area contributed by atoms with Gasteiger partial charge in [0.25, 0.3) is 5.91 Å². The van der Waals surface area contributed by atoms with Gasteiger partial charge >= 0.3 is 0 Å². The highest BCUT2D eigenvalue weighted by Gasteiger charge is 2.16. The summed E-state index contributed by atoms with van der Waals surface area (Å²) >= 11 is 3.56. The molecule has 2 N–H and O–H groups in total. The zero-order valence-corrected chi connectivity index (χ0v) is 21.8. The van der Waals surface area contributed by atoms with Gasteiger partial charge in [-0.3, -0.25) is 9.59 Å². The van der Waals surface area contributed by atoms with Crippen LogP contribution in [0, 0.1) is 24.3 Å². The number of rotatable bonds is 9. The van der Waals surface area contributed by atoms with Crippen LogP contribution in [0.1, 0.15) is 32.9 Å². The van der Waals surface area contributed by atoms with E-state index in [1.807, 2.05) is 55.7 Å². The molecule has 7 nitrogen and oxygen atoms in total. The van der Waals surface area contributed by atoms with E-state index < -0.39 is 0 Å². The molecule has 0 radical (unpaired) electrons. The molecule has 0 atom stereocenters. The number of hydrogen-bond acceptors (Lipinski definition) is 5. The smallest absolute Gasteiger partial charge is 0.251 e. The predicted molar refractivity (Wildman–Crippen MR) is 141 cm³/mol.